The molecule has 1 aromatic carbocycles. The molecular formula is C22H19Cl2N5OS. The molecule has 3 heterocycles. The van der Waals surface area contributed by atoms with Gasteiger partial charge in [-0.2, -0.15) is 0 Å². The number of halogens is 2. The minimum absolute atomic E-state index is 0.0170. The molecule has 31 heavy (non-hydrogen) atoms. The van der Waals surface area contributed by atoms with Gasteiger partial charge in [-0.05, 0) is 50.2 Å². The van der Waals surface area contributed by atoms with E-state index in [0.717, 1.165) is 22.6 Å². The molecule has 4 aromatic rings. The third-order valence-corrected chi connectivity index (χ3v) is 6.38. The van der Waals surface area contributed by atoms with Crippen LogP contribution >= 0.6 is 35.0 Å². The number of carbonyl (C=O) groups is 1. The normalized spacial score (nSPS) is 11.1. The van der Waals surface area contributed by atoms with Gasteiger partial charge < -0.3 is 9.13 Å². The molecule has 158 valence electrons. The molecular weight excluding hydrogens is 453 g/mol. The van der Waals surface area contributed by atoms with E-state index >= 15 is 0 Å². The van der Waals surface area contributed by atoms with Crippen LogP contribution in [0.2, 0.25) is 10.0 Å². The fourth-order valence-corrected chi connectivity index (χ4v) is 4.81. The summed E-state index contributed by atoms with van der Waals surface area (Å²) in [5.74, 6) is 0.974. The van der Waals surface area contributed by atoms with Crippen molar-refractivity contribution in [1.82, 2.24) is 24.3 Å². The van der Waals surface area contributed by atoms with Crippen LogP contribution in [0.1, 0.15) is 21.7 Å². The standard InChI is InChI=1S/C22H19Cl2N5OS/c1-13-7-19(14(2)29(13)18-9-16(23)8-17(24)10-18)20(30)12-31-22-27-26-21(28(22)3)15-5-4-6-25-11-15/h4-11H,12H2,1-3H3. The second-order valence-corrected chi connectivity index (χ2v) is 8.88. The zero-order valence-electron chi connectivity index (χ0n) is 17.1. The maximum Gasteiger partial charge on any atom is 0.191 e. The van der Waals surface area contributed by atoms with Crippen LogP contribution < -0.4 is 0 Å². The number of aryl methyl sites for hydroxylation is 1. The van der Waals surface area contributed by atoms with Crippen LogP contribution in [0.3, 0.4) is 0 Å². The molecule has 3 aromatic heterocycles. The first-order chi connectivity index (χ1) is 14.8. The van der Waals surface area contributed by atoms with E-state index in [1.165, 1.54) is 11.8 Å². The third kappa shape index (κ3) is 4.39. The Morgan fingerprint density at radius 2 is 1.84 bits per heavy atom. The molecule has 0 fully saturated rings. The number of hydrogen-bond acceptors (Lipinski definition) is 5. The monoisotopic (exact) mass is 471 g/mol. The Balaban J connectivity index is 1.55. The summed E-state index contributed by atoms with van der Waals surface area (Å²) in [4.78, 5) is 17.1. The predicted molar refractivity (Wildman–Crippen MR) is 125 cm³/mol. The van der Waals surface area contributed by atoms with Gasteiger partial charge in [0.15, 0.2) is 16.8 Å². The van der Waals surface area contributed by atoms with Gasteiger partial charge in [0.1, 0.15) is 0 Å². The van der Waals surface area contributed by atoms with E-state index in [0.29, 0.717) is 26.6 Å². The molecule has 0 amide bonds. The molecule has 0 saturated heterocycles. The highest BCUT2D eigenvalue weighted by atomic mass is 35.5. The van der Waals surface area contributed by atoms with Crippen LogP contribution in [0, 0.1) is 13.8 Å². The maximum absolute atomic E-state index is 13.0. The van der Waals surface area contributed by atoms with Gasteiger partial charge in [0, 0.05) is 57.7 Å². The van der Waals surface area contributed by atoms with E-state index < -0.39 is 0 Å². The van der Waals surface area contributed by atoms with Gasteiger partial charge in [0.25, 0.3) is 0 Å². The highest BCUT2D eigenvalue weighted by Crippen LogP contribution is 2.28. The first kappa shape index (κ1) is 21.6. The van der Waals surface area contributed by atoms with Crippen LogP contribution in [0.15, 0.2) is 53.9 Å². The zero-order chi connectivity index (χ0) is 22.1. The third-order valence-electron chi connectivity index (χ3n) is 4.92. The van der Waals surface area contributed by atoms with Crippen molar-refractivity contribution in [3.8, 4) is 17.1 Å². The molecule has 4 rings (SSSR count). The summed E-state index contributed by atoms with van der Waals surface area (Å²) in [6.45, 7) is 3.87. The fourth-order valence-electron chi connectivity index (χ4n) is 3.51. The minimum atomic E-state index is 0.0170. The molecule has 0 aliphatic carbocycles. The van der Waals surface area contributed by atoms with Crippen LogP contribution in [-0.2, 0) is 7.05 Å². The molecule has 0 aliphatic rings. The number of carbonyl (C=O) groups excluding carboxylic acids is 1. The Kier molecular flexibility index (Phi) is 6.18. The SMILES string of the molecule is Cc1cc(C(=O)CSc2nnc(-c3cccnc3)n2C)c(C)n1-c1cc(Cl)cc(Cl)c1. The van der Waals surface area contributed by atoms with Crippen molar-refractivity contribution in [2.24, 2.45) is 7.05 Å². The van der Waals surface area contributed by atoms with E-state index in [4.69, 9.17) is 23.2 Å². The molecule has 0 aliphatic heterocycles. The summed E-state index contributed by atoms with van der Waals surface area (Å²) in [6.07, 6.45) is 3.45. The fraction of sp³-hybridized carbons (Fsp3) is 0.182. The molecule has 0 spiro atoms. The number of hydrogen-bond donors (Lipinski definition) is 0. The van der Waals surface area contributed by atoms with E-state index in [9.17, 15) is 4.79 Å². The van der Waals surface area contributed by atoms with Gasteiger partial charge in [0.05, 0.1) is 5.75 Å². The van der Waals surface area contributed by atoms with Gasteiger partial charge >= 0.3 is 0 Å². The topological polar surface area (TPSA) is 65.6 Å². The molecule has 0 bridgehead atoms. The van der Waals surface area contributed by atoms with E-state index in [2.05, 4.69) is 15.2 Å². The minimum Gasteiger partial charge on any atom is -0.318 e. The van der Waals surface area contributed by atoms with Crippen molar-refractivity contribution >= 4 is 40.7 Å². The van der Waals surface area contributed by atoms with E-state index in [1.54, 1.807) is 18.5 Å². The van der Waals surface area contributed by atoms with Gasteiger partial charge in [-0.25, -0.2) is 0 Å². The lowest BCUT2D eigenvalue weighted by Gasteiger charge is -2.11. The maximum atomic E-state index is 13.0. The van der Waals surface area contributed by atoms with Crippen LogP contribution in [0.25, 0.3) is 17.1 Å². The van der Waals surface area contributed by atoms with Crippen molar-refractivity contribution in [3.63, 3.8) is 0 Å². The summed E-state index contributed by atoms with van der Waals surface area (Å²) < 4.78 is 3.85. The Bertz CT molecular complexity index is 1250. The summed E-state index contributed by atoms with van der Waals surface area (Å²) in [7, 11) is 1.88. The number of ketones is 1. The summed E-state index contributed by atoms with van der Waals surface area (Å²) >= 11 is 13.7. The highest BCUT2D eigenvalue weighted by Gasteiger charge is 2.19. The van der Waals surface area contributed by atoms with Crippen molar-refractivity contribution in [2.75, 3.05) is 5.75 Å². The number of Topliss-reactive ketones (excluding diaryl/α,β-unsaturated/α-hetero) is 1. The smallest absolute Gasteiger partial charge is 0.191 e. The van der Waals surface area contributed by atoms with Crippen molar-refractivity contribution in [2.45, 2.75) is 19.0 Å². The number of benzene rings is 1. The van der Waals surface area contributed by atoms with Crippen molar-refractivity contribution in [3.05, 3.63) is 75.8 Å². The Morgan fingerprint density at radius 3 is 2.52 bits per heavy atom. The number of aromatic nitrogens is 5. The average Bonchev–Trinajstić information content (AvgIpc) is 3.25. The van der Waals surface area contributed by atoms with E-state index in [1.807, 2.05) is 60.4 Å². The van der Waals surface area contributed by atoms with Crippen molar-refractivity contribution in [1.29, 1.82) is 0 Å². The van der Waals surface area contributed by atoms with Crippen LogP contribution in [0.5, 0.6) is 0 Å². The molecule has 0 radical (unpaired) electrons. The van der Waals surface area contributed by atoms with Crippen molar-refractivity contribution < 1.29 is 4.79 Å². The summed E-state index contributed by atoms with van der Waals surface area (Å²) in [5, 5.41) is 10.2. The second kappa shape index (κ2) is 8.86. The lowest BCUT2D eigenvalue weighted by Crippen LogP contribution is -2.06. The second-order valence-electron chi connectivity index (χ2n) is 7.07. The predicted octanol–water partition coefficient (Wildman–Crippen LogP) is 5.57. The number of rotatable bonds is 6. The molecule has 0 atom stereocenters. The zero-order valence-corrected chi connectivity index (χ0v) is 19.5. The van der Waals surface area contributed by atoms with Gasteiger partial charge in [-0.15, -0.1) is 10.2 Å². The molecule has 0 saturated carbocycles. The highest BCUT2D eigenvalue weighted by molar-refractivity contribution is 7.99. The lowest BCUT2D eigenvalue weighted by atomic mass is 10.2. The number of nitrogens with zero attached hydrogens (tertiary/aromatic N) is 5. The van der Waals surface area contributed by atoms with Crippen LogP contribution in [0.4, 0.5) is 0 Å². The summed E-state index contributed by atoms with van der Waals surface area (Å²) in [5.41, 5.74) is 4.14. The van der Waals surface area contributed by atoms with E-state index in [-0.39, 0.29) is 11.5 Å². The Morgan fingerprint density at radius 1 is 1.10 bits per heavy atom. The quantitative estimate of drug-likeness (QED) is 0.271. The Hall–Kier alpha value is -2.61. The first-order valence-electron chi connectivity index (χ1n) is 9.46. The van der Waals surface area contributed by atoms with Gasteiger partial charge in [0.2, 0.25) is 0 Å². The molecule has 0 unspecified atom stereocenters. The first-order valence-corrected chi connectivity index (χ1v) is 11.2. The number of thioether (sulfide) groups is 1. The Labute approximate surface area is 194 Å². The average molecular weight is 472 g/mol. The largest absolute Gasteiger partial charge is 0.318 e. The number of pyridine rings is 1. The molecule has 0 N–H and O–H groups in total. The lowest BCUT2D eigenvalue weighted by molar-refractivity contribution is 0.102. The van der Waals surface area contributed by atoms with Gasteiger partial charge in [-0.1, -0.05) is 35.0 Å². The van der Waals surface area contributed by atoms with Crippen LogP contribution in [-0.4, -0.2) is 35.9 Å². The summed E-state index contributed by atoms with van der Waals surface area (Å²) in [6, 6.07) is 11.0. The molecule has 9 heteroatoms. The molecule has 6 nitrogen and oxygen atoms in total. The van der Waals surface area contributed by atoms with Gasteiger partial charge in [-0.3, -0.25) is 9.78 Å².